The Morgan fingerprint density at radius 2 is 1.91 bits per heavy atom. The second kappa shape index (κ2) is 7.55. The second-order valence-corrected chi connectivity index (χ2v) is 7.93. The lowest BCUT2D eigenvalue weighted by molar-refractivity contribution is 0.0173. The number of hydrogen-bond acceptors (Lipinski definition) is 5. The number of hydrogen-bond donors (Lipinski definition) is 1. The van der Waals surface area contributed by atoms with Gasteiger partial charge < -0.3 is 4.74 Å². The van der Waals surface area contributed by atoms with Crippen molar-refractivity contribution in [3.05, 3.63) is 52.7 Å². The van der Waals surface area contributed by atoms with Crippen LogP contribution in [0, 0.1) is 0 Å². The lowest BCUT2D eigenvalue weighted by Crippen LogP contribution is -2.43. The first-order chi connectivity index (χ1) is 11.2. The Kier molecular flexibility index (Phi) is 5.45. The number of nitrogens with zero attached hydrogens (tertiary/aromatic N) is 1. The van der Waals surface area contributed by atoms with E-state index in [4.69, 9.17) is 4.74 Å². The summed E-state index contributed by atoms with van der Waals surface area (Å²) < 4.78 is 33.0. The van der Waals surface area contributed by atoms with E-state index in [2.05, 4.69) is 21.1 Å². The molecule has 1 fully saturated rings. The van der Waals surface area contributed by atoms with E-state index in [0.29, 0.717) is 24.7 Å². The van der Waals surface area contributed by atoms with E-state index >= 15 is 0 Å². The van der Waals surface area contributed by atoms with Crippen molar-refractivity contribution in [1.29, 1.82) is 0 Å². The van der Waals surface area contributed by atoms with E-state index in [9.17, 15) is 8.42 Å². The molecular formula is C16H20N2O3S2. The van der Waals surface area contributed by atoms with Crippen LogP contribution in [0.25, 0.3) is 0 Å². The van der Waals surface area contributed by atoms with Crippen LogP contribution in [0.2, 0.25) is 0 Å². The molecule has 0 amide bonds. The minimum Gasteiger partial charge on any atom is -0.379 e. The molecule has 124 valence electrons. The molecule has 2 heterocycles. The van der Waals surface area contributed by atoms with Gasteiger partial charge in [0.05, 0.1) is 18.1 Å². The van der Waals surface area contributed by atoms with Gasteiger partial charge in [0, 0.05) is 25.7 Å². The molecule has 23 heavy (non-hydrogen) atoms. The van der Waals surface area contributed by atoms with Crippen molar-refractivity contribution in [2.75, 3.05) is 32.8 Å². The van der Waals surface area contributed by atoms with Gasteiger partial charge in [-0.3, -0.25) is 4.90 Å². The maximum Gasteiger partial charge on any atom is 0.240 e. The SMILES string of the molecule is O=S(=O)(NCC(c1ccsc1)N1CCOCC1)c1ccccc1. The highest BCUT2D eigenvalue weighted by molar-refractivity contribution is 7.89. The monoisotopic (exact) mass is 352 g/mol. The van der Waals surface area contributed by atoms with Crippen molar-refractivity contribution >= 4 is 21.4 Å². The number of nitrogens with one attached hydrogen (secondary N) is 1. The summed E-state index contributed by atoms with van der Waals surface area (Å²) in [5.74, 6) is 0. The maximum absolute atomic E-state index is 12.4. The van der Waals surface area contributed by atoms with Gasteiger partial charge in [-0.2, -0.15) is 11.3 Å². The van der Waals surface area contributed by atoms with Gasteiger partial charge in [0.1, 0.15) is 0 Å². The zero-order valence-corrected chi connectivity index (χ0v) is 14.4. The molecule has 1 N–H and O–H groups in total. The molecular weight excluding hydrogens is 332 g/mol. The van der Waals surface area contributed by atoms with E-state index in [-0.39, 0.29) is 6.04 Å². The fourth-order valence-corrected chi connectivity index (χ4v) is 4.45. The molecule has 1 aromatic carbocycles. The van der Waals surface area contributed by atoms with Gasteiger partial charge in [0.15, 0.2) is 0 Å². The van der Waals surface area contributed by atoms with Crippen LogP contribution in [0.5, 0.6) is 0 Å². The lowest BCUT2D eigenvalue weighted by atomic mass is 10.1. The molecule has 0 saturated carbocycles. The quantitative estimate of drug-likeness (QED) is 0.865. The van der Waals surface area contributed by atoms with Gasteiger partial charge in [-0.25, -0.2) is 13.1 Å². The number of sulfonamides is 1. The Morgan fingerprint density at radius 1 is 1.17 bits per heavy atom. The van der Waals surface area contributed by atoms with Crippen LogP contribution >= 0.6 is 11.3 Å². The van der Waals surface area contributed by atoms with Crippen molar-refractivity contribution in [2.45, 2.75) is 10.9 Å². The minimum absolute atomic E-state index is 0.0311. The topological polar surface area (TPSA) is 58.6 Å². The lowest BCUT2D eigenvalue weighted by Gasteiger charge is -2.34. The highest BCUT2D eigenvalue weighted by atomic mass is 32.2. The van der Waals surface area contributed by atoms with E-state index in [1.165, 1.54) is 0 Å². The fourth-order valence-electron chi connectivity index (χ4n) is 2.68. The fraction of sp³-hybridized carbons (Fsp3) is 0.375. The highest BCUT2D eigenvalue weighted by Crippen LogP contribution is 2.24. The molecule has 0 aliphatic carbocycles. The normalized spacial score (nSPS) is 17.9. The Morgan fingerprint density at radius 3 is 2.57 bits per heavy atom. The van der Waals surface area contributed by atoms with E-state index in [1.54, 1.807) is 41.7 Å². The maximum atomic E-state index is 12.4. The zero-order chi connectivity index (χ0) is 16.1. The van der Waals surface area contributed by atoms with Crippen molar-refractivity contribution in [1.82, 2.24) is 9.62 Å². The minimum atomic E-state index is -3.49. The molecule has 3 rings (SSSR count). The van der Waals surface area contributed by atoms with Crippen molar-refractivity contribution in [2.24, 2.45) is 0 Å². The van der Waals surface area contributed by atoms with Gasteiger partial charge in [0.2, 0.25) is 10.0 Å². The number of thiophene rings is 1. The Labute approximate surface area is 140 Å². The molecule has 0 bridgehead atoms. The molecule has 1 unspecified atom stereocenters. The summed E-state index contributed by atoms with van der Waals surface area (Å²) in [6, 6.07) is 10.6. The first kappa shape index (κ1) is 16.6. The zero-order valence-electron chi connectivity index (χ0n) is 12.7. The Hall–Kier alpha value is -1.25. The largest absolute Gasteiger partial charge is 0.379 e. The summed E-state index contributed by atoms with van der Waals surface area (Å²) in [5.41, 5.74) is 1.15. The van der Waals surface area contributed by atoms with Gasteiger partial charge in [-0.1, -0.05) is 18.2 Å². The van der Waals surface area contributed by atoms with Crippen LogP contribution in [0.15, 0.2) is 52.1 Å². The molecule has 0 spiro atoms. The molecule has 1 aliphatic heterocycles. The van der Waals surface area contributed by atoms with Crippen LogP contribution in [0.4, 0.5) is 0 Å². The third-order valence-corrected chi connectivity index (χ3v) is 6.08. The highest BCUT2D eigenvalue weighted by Gasteiger charge is 2.25. The molecule has 2 aromatic rings. The van der Waals surface area contributed by atoms with Crippen LogP contribution < -0.4 is 4.72 Å². The van der Waals surface area contributed by atoms with Crippen molar-refractivity contribution in [3.63, 3.8) is 0 Å². The summed E-state index contributed by atoms with van der Waals surface area (Å²) in [7, 11) is -3.49. The summed E-state index contributed by atoms with van der Waals surface area (Å²) >= 11 is 1.63. The average molecular weight is 352 g/mol. The standard InChI is InChI=1S/C16H20N2O3S2/c19-23(20,15-4-2-1-3-5-15)17-12-16(14-6-11-22-13-14)18-7-9-21-10-8-18/h1-6,11,13,16-17H,7-10,12H2. The van der Waals surface area contributed by atoms with E-state index in [1.807, 2.05) is 5.38 Å². The van der Waals surface area contributed by atoms with Gasteiger partial charge >= 0.3 is 0 Å². The van der Waals surface area contributed by atoms with Gasteiger partial charge in [0.25, 0.3) is 0 Å². The summed E-state index contributed by atoms with van der Waals surface area (Å²) in [5, 5.41) is 4.10. The number of morpholine rings is 1. The third-order valence-electron chi connectivity index (χ3n) is 3.93. The number of rotatable bonds is 6. The van der Waals surface area contributed by atoms with Crippen molar-refractivity contribution in [3.8, 4) is 0 Å². The molecule has 1 aliphatic rings. The predicted molar refractivity (Wildman–Crippen MR) is 91.1 cm³/mol. The van der Waals surface area contributed by atoms with Crippen LogP contribution in [0.1, 0.15) is 11.6 Å². The van der Waals surface area contributed by atoms with Crippen LogP contribution in [0.3, 0.4) is 0 Å². The molecule has 1 atom stereocenters. The molecule has 7 heteroatoms. The second-order valence-electron chi connectivity index (χ2n) is 5.39. The Bertz CT molecular complexity index is 696. The first-order valence-electron chi connectivity index (χ1n) is 7.55. The molecule has 1 aromatic heterocycles. The predicted octanol–water partition coefficient (Wildman–Crippen LogP) is 2.10. The van der Waals surface area contributed by atoms with Crippen molar-refractivity contribution < 1.29 is 13.2 Å². The Balaban J connectivity index is 1.74. The third kappa shape index (κ3) is 4.19. The van der Waals surface area contributed by atoms with E-state index < -0.39 is 10.0 Å². The summed E-state index contributed by atoms with van der Waals surface area (Å²) in [6.07, 6.45) is 0. The van der Waals surface area contributed by atoms with E-state index in [0.717, 1.165) is 18.7 Å². The average Bonchev–Trinajstić information content (AvgIpc) is 3.11. The molecule has 5 nitrogen and oxygen atoms in total. The number of ether oxygens (including phenoxy) is 1. The smallest absolute Gasteiger partial charge is 0.240 e. The van der Waals surface area contributed by atoms with Gasteiger partial charge in [-0.05, 0) is 34.5 Å². The summed E-state index contributed by atoms with van der Waals surface area (Å²) in [4.78, 5) is 2.57. The molecule has 0 radical (unpaired) electrons. The molecule has 1 saturated heterocycles. The number of benzene rings is 1. The van der Waals surface area contributed by atoms with Crippen LogP contribution in [-0.4, -0.2) is 46.2 Å². The van der Waals surface area contributed by atoms with Gasteiger partial charge in [-0.15, -0.1) is 0 Å². The summed E-state index contributed by atoms with van der Waals surface area (Å²) in [6.45, 7) is 3.35. The van der Waals surface area contributed by atoms with Crippen LogP contribution in [-0.2, 0) is 14.8 Å². The first-order valence-corrected chi connectivity index (χ1v) is 9.98.